The van der Waals surface area contributed by atoms with Crippen molar-refractivity contribution in [3.63, 3.8) is 0 Å². The van der Waals surface area contributed by atoms with E-state index in [0.717, 1.165) is 13.0 Å². The highest BCUT2D eigenvalue weighted by Crippen LogP contribution is 2.36. The highest BCUT2D eigenvalue weighted by Gasteiger charge is 2.29. The van der Waals surface area contributed by atoms with Gasteiger partial charge >= 0.3 is 0 Å². The van der Waals surface area contributed by atoms with E-state index < -0.39 is 0 Å². The molecule has 0 spiro atoms. The molecule has 1 aliphatic rings. The maximum Gasteiger partial charge on any atom is 0.271 e. The lowest BCUT2D eigenvalue weighted by molar-refractivity contribution is 0.0944. The molecule has 5 nitrogen and oxygen atoms in total. The van der Waals surface area contributed by atoms with Crippen LogP contribution in [0.15, 0.2) is 12.4 Å². The van der Waals surface area contributed by atoms with E-state index in [1.807, 2.05) is 18.7 Å². The van der Waals surface area contributed by atoms with Crippen LogP contribution in [0.4, 0.5) is 5.82 Å². The summed E-state index contributed by atoms with van der Waals surface area (Å²) in [6, 6.07) is 0. The number of aromatic nitrogens is 2. The van der Waals surface area contributed by atoms with E-state index in [-0.39, 0.29) is 10.7 Å². The minimum absolute atomic E-state index is 0.152. The largest absolute Gasteiger partial charge is 0.369 e. The topological polar surface area (TPSA) is 66.9 Å². The van der Waals surface area contributed by atoms with Crippen molar-refractivity contribution in [3.8, 4) is 0 Å². The number of amides is 1. The minimum Gasteiger partial charge on any atom is -0.369 e. The second-order valence-corrected chi connectivity index (χ2v) is 6.59. The van der Waals surface area contributed by atoms with Gasteiger partial charge < -0.3 is 10.6 Å². The molecule has 1 aromatic rings. The average molecular weight is 280 g/mol. The maximum atomic E-state index is 12.0. The normalized spacial score (nSPS) is 22.2. The SMILES string of the molecule is CCNc1cncc(C(=O)NCC2(C)CCCS2)n1. The number of nitrogens with one attached hydrogen (secondary N) is 2. The monoisotopic (exact) mass is 280 g/mol. The Kier molecular flexibility index (Phi) is 4.63. The lowest BCUT2D eigenvalue weighted by atomic mass is 10.1. The Morgan fingerprint density at radius 1 is 1.53 bits per heavy atom. The van der Waals surface area contributed by atoms with E-state index >= 15 is 0 Å². The molecule has 0 bridgehead atoms. The summed E-state index contributed by atoms with van der Waals surface area (Å²) in [6.45, 7) is 5.62. The van der Waals surface area contributed by atoms with Gasteiger partial charge in [-0.3, -0.25) is 9.78 Å². The van der Waals surface area contributed by atoms with Crippen LogP contribution in [0.5, 0.6) is 0 Å². The van der Waals surface area contributed by atoms with Gasteiger partial charge in [0.2, 0.25) is 0 Å². The number of hydrogen-bond donors (Lipinski definition) is 2. The quantitative estimate of drug-likeness (QED) is 0.862. The van der Waals surface area contributed by atoms with Crippen LogP contribution >= 0.6 is 11.8 Å². The Balaban J connectivity index is 1.93. The predicted molar refractivity (Wildman–Crippen MR) is 78.6 cm³/mol. The number of carbonyl (C=O) groups is 1. The van der Waals surface area contributed by atoms with Gasteiger partial charge in [0.15, 0.2) is 0 Å². The van der Waals surface area contributed by atoms with Gasteiger partial charge in [0.1, 0.15) is 11.5 Å². The van der Waals surface area contributed by atoms with Gasteiger partial charge in [0.05, 0.1) is 12.4 Å². The number of rotatable bonds is 5. The minimum atomic E-state index is -0.152. The zero-order chi connectivity index (χ0) is 13.7. The number of anilines is 1. The van der Waals surface area contributed by atoms with Crippen molar-refractivity contribution in [1.82, 2.24) is 15.3 Å². The van der Waals surface area contributed by atoms with Crippen molar-refractivity contribution in [3.05, 3.63) is 18.1 Å². The van der Waals surface area contributed by atoms with E-state index in [1.165, 1.54) is 18.4 Å². The molecule has 1 amide bonds. The second-order valence-electron chi connectivity index (χ2n) is 4.90. The molecule has 2 rings (SSSR count). The number of thioether (sulfide) groups is 1. The summed E-state index contributed by atoms with van der Waals surface area (Å²) in [5.41, 5.74) is 0.366. The van der Waals surface area contributed by atoms with Crippen molar-refractivity contribution >= 4 is 23.5 Å². The van der Waals surface area contributed by atoms with Gasteiger partial charge in [-0.05, 0) is 32.4 Å². The first-order valence-corrected chi connectivity index (χ1v) is 7.59. The molecule has 0 aromatic carbocycles. The first-order valence-electron chi connectivity index (χ1n) is 6.61. The van der Waals surface area contributed by atoms with Gasteiger partial charge in [-0.1, -0.05) is 0 Å². The van der Waals surface area contributed by atoms with E-state index in [4.69, 9.17) is 0 Å². The molecule has 0 aliphatic carbocycles. The summed E-state index contributed by atoms with van der Waals surface area (Å²) in [5, 5.41) is 6.01. The van der Waals surface area contributed by atoms with Crippen molar-refractivity contribution in [2.75, 3.05) is 24.2 Å². The molecule has 1 atom stereocenters. The maximum absolute atomic E-state index is 12.0. The first kappa shape index (κ1) is 14.1. The van der Waals surface area contributed by atoms with Crippen LogP contribution < -0.4 is 10.6 Å². The Bertz CT molecular complexity index is 446. The van der Waals surface area contributed by atoms with Gasteiger partial charge in [-0.25, -0.2) is 4.98 Å². The van der Waals surface area contributed by atoms with Crippen molar-refractivity contribution < 1.29 is 4.79 Å². The Morgan fingerprint density at radius 2 is 2.37 bits per heavy atom. The predicted octanol–water partition coefficient (Wildman–Crippen LogP) is 1.92. The third-order valence-electron chi connectivity index (χ3n) is 3.15. The van der Waals surface area contributed by atoms with Gasteiger partial charge in [0.25, 0.3) is 5.91 Å². The van der Waals surface area contributed by atoms with Crippen LogP contribution in [-0.4, -0.2) is 39.5 Å². The molecule has 0 saturated carbocycles. The van der Waals surface area contributed by atoms with Crippen molar-refractivity contribution in [1.29, 1.82) is 0 Å². The van der Waals surface area contributed by atoms with E-state index in [0.29, 0.717) is 18.1 Å². The van der Waals surface area contributed by atoms with Crippen LogP contribution in [0.3, 0.4) is 0 Å². The summed E-state index contributed by atoms with van der Waals surface area (Å²) in [4.78, 5) is 20.3. The molecule has 2 heterocycles. The van der Waals surface area contributed by atoms with Crippen molar-refractivity contribution in [2.45, 2.75) is 31.4 Å². The summed E-state index contributed by atoms with van der Waals surface area (Å²) >= 11 is 1.93. The molecule has 2 N–H and O–H groups in total. The van der Waals surface area contributed by atoms with Gasteiger partial charge in [0, 0.05) is 17.8 Å². The molecule has 6 heteroatoms. The standard InChI is InChI=1S/C13H20N4OS/c1-3-15-11-8-14-7-10(17-11)12(18)16-9-13(2)5-4-6-19-13/h7-8H,3-6,9H2,1-2H3,(H,15,17)(H,16,18). The molecule has 0 radical (unpaired) electrons. The number of hydrogen-bond acceptors (Lipinski definition) is 5. The molecular formula is C13H20N4OS. The fourth-order valence-electron chi connectivity index (χ4n) is 2.08. The fourth-order valence-corrected chi connectivity index (χ4v) is 3.32. The molecule has 1 unspecified atom stereocenters. The van der Waals surface area contributed by atoms with Crippen LogP contribution in [0.2, 0.25) is 0 Å². The zero-order valence-electron chi connectivity index (χ0n) is 11.4. The van der Waals surface area contributed by atoms with Crippen LogP contribution in [0, 0.1) is 0 Å². The third kappa shape index (κ3) is 3.83. The summed E-state index contributed by atoms with van der Waals surface area (Å²) < 4.78 is 0.169. The number of carbonyl (C=O) groups excluding carboxylic acids is 1. The van der Waals surface area contributed by atoms with Crippen LogP contribution in [0.1, 0.15) is 37.2 Å². The highest BCUT2D eigenvalue weighted by molar-refractivity contribution is 8.00. The first-order chi connectivity index (χ1) is 9.13. The Labute approximate surface area is 118 Å². The lowest BCUT2D eigenvalue weighted by Gasteiger charge is -2.22. The molecule has 104 valence electrons. The third-order valence-corrected chi connectivity index (χ3v) is 4.69. The van der Waals surface area contributed by atoms with Crippen LogP contribution in [0.25, 0.3) is 0 Å². The van der Waals surface area contributed by atoms with Crippen LogP contribution in [-0.2, 0) is 0 Å². The highest BCUT2D eigenvalue weighted by atomic mass is 32.2. The molecule has 1 aliphatic heterocycles. The summed E-state index contributed by atoms with van der Waals surface area (Å²) in [5.74, 6) is 1.67. The van der Waals surface area contributed by atoms with Gasteiger partial charge in [-0.15, -0.1) is 0 Å². The van der Waals surface area contributed by atoms with Gasteiger partial charge in [-0.2, -0.15) is 11.8 Å². The molecule has 19 heavy (non-hydrogen) atoms. The fraction of sp³-hybridized carbons (Fsp3) is 0.615. The smallest absolute Gasteiger partial charge is 0.271 e. The van der Waals surface area contributed by atoms with Crippen molar-refractivity contribution in [2.24, 2.45) is 0 Å². The molecular weight excluding hydrogens is 260 g/mol. The molecule has 1 fully saturated rings. The summed E-state index contributed by atoms with van der Waals surface area (Å²) in [7, 11) is 0. The van der Waals surface area contributed by atoms with E-state index in [1.54, 1.807) is 6.20 Å². The average Bonchev–Trinajstić information content (AvgIpc) is 2.84. The molecule has 1 saturated heterocycles. The summed E-state index contributed by atoms with van der Waals surface area (Å²) in [6.07, 6.45) is 5.50. The zero-order valence-corrected chi connectivity index (χ0v) is 12.2. The Hall–Kier alpha value is -1.30. The molecule has 1 aromatic heterocycles. The Morgan fingerprint density at radius 3 is 3.05 bits per heavy atom. The van der Waals surface area contributed by atoms with E-state index in [2.05, 4.69) is 27.5 Å². The second kappa shape index (κ2) is 6.23. The number of nitrogens with zero attached hydrogens (tertiary/aromatic N) is 2. The lowest BCUT2D eigenvalue weighted by Crippen LogP contribution is -2.37. The van der Waals surface area contributed by atoms with E-state index in [9.17, 15) is 4.79 Å².